The molecule has 0 bridgehead atoms. The maximum atomic E-state index is 15.2. The van der Waals surface area contributed by atoms with Crippen LogP contribution in [0.3, 0.4) is 0 Å². The van der Waals surface area contributed by atoms with Gasteiger partial charge < -0.3 is 65.4 Å². The van der Waals surface area contributed by atoms with Crippen molar-refractivity contribution in [2.45, 2.75) is 228 Å². The molecule has 0 spiro atoms. The molecule has 0 aromatic heterocycles. The van der Waals surface area contributed by atoms with Crippen molar-refractivity contribution >= 4 is 65.0 Å². The normalized spacial score (nSPS) is 26.3. The summed E-state index contributed by atoms with van der Waals surface area (Å²) in [6, 6.07) is -12.8. The van der Waals surface area contributed by atoms with Gasteiger partial charge in [0.25, 0.3) is 0 Å². The van der Waals surface area contributed by atoms with Crippen LogP contribution in [0, 0.1) is 35.5 Å². The average molecular weight is 1260 g/mol. The minimum atomic E-state index is -1.63. The van der Waals surface area contributed by atoms with Crippen LogP contribution in [-0.4, -0.2) is 239 Å². The van der Waals surface area contributed by atoms with E-state index in [-0.39, 0.29) is 56.5 Å². The Hall–Kier alpha value is -6.43. The van der Waals surface area contributed by atoms with Crippen molar-refractivity contribution in [1.82, 2.24) is 55.6 Å². The highest BCUT2D eigenvalue weighted by atomic mass is 16.5. The van der Waals surface area contributed by atoms with E-state index in [2.05, 4.69) is 27.8 Å². The highest BCUT2D eigenvalue weighted by Crippen LogP contribution is 2.26. The molecule has 11 amide bonds. The molecule has 24 nitrogen and oxygen atoms in total. The number of nitrogens with one attached hydrogen (secondary N) is 4. The zero-order valence-electron chi connectivity index (χ0n) is 58.4. The van der Waals surface area contributed by atoms with Gasteiger partial charge in [-0.05, 0) is 102 Å². The first-order valence-corrected chi connectivity index (χ1v) is 31.7. The van der Waals surface area contributed by atoms with Gasteiger partial charge in [0.15, 0.2) is 0 Å². The van der Waals surface area contributed by atoms with Crippen molar-refractivity contribution in [3.05, 3.63) is 24.8 Å². The number of hydrogen-bond acceptors (Lipinski definition) is 13. The van der Waals surface area contributed by atoms with E-state index in [1.165, 1.54) is 88.9 Å². The molecule has 0 aromatic carbocycles. The van der Waals surface area contributed by atoms with Crippen molar-refractivity contribution in [3.8, 4) is 0 Å². The Bertz CT molecular complexity index is 2470. The highest BCUT2D eigenvalue weighted by molar-refractivity contribution is 5.99. The summed E-state index contributed by atoms with van der Waals surface area (Å²) < 4.78 is 6.03. The zero-order chi connectivity index (χ0) is 69.0. The average Bonchev–Trinajstić information content (AvgIpc) is 2.35. The van der Waals surface area contributed by atoms with Crippen LogP contribution in [0.1, 0.15) is 156 Å². The molecule has 89 heavy (non-hydrogen) atoms. The van der Waals surface area contributed by atoms with Gasteiger partial charge in [-0.25, -0.2) is 0 Å². The van der Waals surface area contributed by atoms with E-state index < -0.39 is 161 Å². The molecule has 0 unspecified atom stereocenters. The summed E-state index contributed by atoms with van der Waals surface area (Å²) in [7, 11) is 9.82. The number of likely N-dealkylation sites (N-methyl/N-ethyl adjacent to an activating group) is 7. The zero-order valence-corrected chi connectivity index (χ0v) is 58.4. The summed E-state index contributed by atoms with van der Waals surface area (Å²) in [5.74, 6) is -10.0. The number of aliphatic hydroxyl groups is 1. The fourth-order valence-electron chi connectivity index (χ4n) is 11.0. The Morgan fingerprint density at radius 2 is 1.01 bits per heavy atom. The number of amides is 11. The molecule has 1 fully saturated rings. The van der Waals surface area contributed by atoms with E-state index in [4.69, 9.17) is 4.74 Å². The maximum absolute atomic E-state index is 15.2. The summed E-state index contributed by atoms with van der Waals surface area (Å²) in [5, 5.41) is 23.1. The van der Waals surface area contributed by atoms with Crippen molar-refractivity contribution < 1.29 is 62.6 Å². The summed E-state index contributed by atoms with van der Waals surface area (Å²) in [6.07, 6.45) is 4.19. The summed E-state index contributed by atoms with van der Waals surface area (Å²) in [5.41, 5.74) is -1.07. The Kier molecular flexibility index (Phi) is 33.0. The van der Waals surface area contributed by atoms with Gasteiger partial charge in [-0.15, -0.1) is 6.58 Å². The number of nitrogens with zero attached hydrogens (tertiary/aromatic N) is 7. The van der Waals surface area contributed by atoms with Gasteiger partial charge in [0.1, 0.15) is 60.4 Å². The molecular formula is C65H115N11O13. The predicted molar refractivity (Wildman–Crippen MR) is 344 cm³/mol. The number of carbonyl (C=O) groups is 11. The summed E-state index contributed by atoms with van der Waals surface area (Å²) >= 11 is 0. The molecule has 508 valence electrons. The third-order valence-corrected chi connectivity index (χ3v) is 16.7. The molecule has 5 N–H and O–H groups in total. The van der Waals surface area contributed by atoms with Gasteiger partial charge in [-0.1, -0.05) is 101 Å². The fraction of sp³-hybridized carbons (Fsp3) is 0.769. The number of rotatable bonds is 18. The molecule has 1 saturated heterocycles. The third kappa shape index (κ3) is 23.1. The minimum Gasteiger partial charge on any atom is -0.390 e. The lowest BCUT2D eigenvalue weighted by Crippen LogP contribution is -2.63. The van der Waals surface area contributed by atoms with Gasteiger partial charge >= 0.3 is 0 Å². The maximum Gasteiger partial charge on any atom is 0.246 e. The van der Waals surface area contributed by atoms with Gasteiger partial charge in [-0.3, -0.25) is 52.7 Å². The van der Waals surface area contributed by atoms with Gasteiger partial charge in [0.05, 0.1) is 24.9 Å². The molecule has 1 aliphatic rings. The van der Waals surface area contributed by atoms with E-state index in [0.29, 0.717) is 6.42 Å². The van der Waals surface area contributed by atoms with Crippen LogP contribution in [0.25, 0.3) is 0 Å². The SMILES string of the molecule is C=CCOC(C)(C)C[C@H]1C(=O)N[C@@H](C(C)C)C(=O)N(C)[C@@H](CC(C)C)C(=O)N[C@@H](C)C(=O)N[C@H](C)C(=O)N(C)[C@@H](CC(C)C)C(=O)N(C)[C@@H](CC(C)C)C(=O)N(C)[C@@H](C(C)C)C(=O)N(C)[C@@H]([C@H](O)[C@H](C)CC=CC)C(=O)N[C@@H](CC)C(=O)N(C)CC(=O)N1C. The monoisotopic (exact) mass is 1260 g/mol. The molecule has 0 saturated carbocycles. The number of hydrogen-bond donors (Lipinski definition) is 5. The van der Waals surface area contributed by atoms with Crippen molar-refractivity contribution in [3.63, 3.8) is 0 Å². The second-order valence-corrected chi connectivity index (χ2v) is 27.0. The second-order valence-electron chi connectivity index (χ2n) is 27.0. The largest absolute Gasteiger partial charge is 0.390 e. The van der Waals surface area contributed by atoms with Gasteiger partial charge in [-0.2, -0.15) is 0 Å². The number of ether oxygens (including phenoxy) is 1. The van der Waals surface area contributed by atoms with Crippen LogP contribution >= 0.6 is 0 Å². The number of aliphatic hydroxyl groups excluding tert-OH is 1. The Morgan fingerprint density at radius 1 is 0.551 bits per heavy atom. The standard InChI is InChI=1S/C65H115N11O13/c1-26-29-30-42(14)54(78)53-58(82)68-45(28-3)60(84)70(19)36-50(77)71(20)49(35-65(17,18)89-31-27-2)57(81)69-51(40(10)11)63(87)72(21)46(32-37(4)5)56(80)66-43(15)55(79)67-44(16)59(83)73(22)47(33-38(6)7)61(85)74(23)48(34-39(8)9)62(86)75(24)52(41(12)13)64(88)76(53)25/h26-27,29,37-49,51-54,78H,2,28,30-36H2,1,3-25H3,(H,66,80)(H,67,79)(H,68,82)(H,69,81)/t42-,43+,44-,45+,46+,47+,48+,49+,51+,52+,53+,54-/m1/s1. The first kappa shape index (κ1) is 80.6. The Labute approximate surface area is 532 Å². The molecule has 1 heterocycles. The van der Waals surface area contributed by atoms with Gasteiger partial charge in [0.2, 0.25) is 65.0 Å². The van der Waals surface area contributed by atoms with E-state index in [0.717, 1.165) is 14.7 Å². The minimum absolute atomic E-state index is 0.00344. The second kappa shape index (κ2) is 36.4. The number of carbonyl (C=O) groups excluding carboxylic acids is 11. The summed E-state index contributed by atoms with van der Waals surface area (Å²) in [4.78, 5) is 170. The van der Waals surface area contributed by atoms with Crippen molar-refractivity contribution in [2.75, 3.05) is 62.5 Å². The Morgan fingerprint density at radius 3 is 1.48 bits per heavy atom. The Balaban J connectivity index is 4.41. The molecule has 0 aromatic rings. The van der Waals surface area contributed by atoms with Crippen molar-refractivity contribution in [2.24, 2.45) is 35.5 Å². The van der Waals surface area contributed by atoms with Crippen LogP contribution < -0.4 is 21.3 Å². The quantitative estimate of drug-likeness (QED) is 0.123. The van der Waals surface area contributed by atoms with Gasteiger partial charge in [0, 0.05) is 55.8 Å². The first-order chi connectivity index (χ1) is 41.1. The molecule has 24 heteroatoms. The molecule has 1 aliphatic heterocycles. The molecule has 12 atom stereocenters. The lowest BCUT2D eigenvalue weighted by Gasteiger charge is -2.41. The molecular weight excluding hydrogens is 1140 g/mol. The first-order valence-electron chi connectivity index (χ1n) is 31.7. The molecule has 0 aliphatic carbocycles. The van der Waals surface area contributed by atoms with E-state index >= 15 is 9.59 Å². The smallest absolute Gasteiger partial charge is 0.246 e. The van der Waals surface area contributed by atoms with Crippen molar-refractivity contribution in [1.29, 1.82) is 0 Å². The lowest BCUT2D eigenvalue weighted by molar-refractivity contribution is -0.157. The molecule has 1 rings (SSSR count). The molecule has 0 radical (unpaired) electrons. The van der Waals surface area contributed by atoms with Crippen LogP contribution in [0.15, 0.2) is 24.8 Å². The van der Waals surface area contributed by atoms with Crippen LogP contribution in [0.2, 0.25) is 0 Å². The predicted octanol–water partition coefficient (Wildman–Crippen LogP) is 3.59. The van der Waals surface area contributed by atoms with E-state index in [1.807, 2.05) is 41.5 Å². The van der Waals surface area contributed by atoms with Crippen LogP contribution in [0.4, 0.5) is 0 Å². The van der Waals surface area contributed by atoms with Crippen LogP contribution in [0.5, 0.6) is 0 Å². The van der Waals surface area contributed by atoms with E-state index in [1.54, 1.807) is 74.5 Å². The summed E-state index contributed by atoms with van der Waals surface area (Å²) in [6.45, 7) is 32.7. The highest BCUT2D eigenvalue weighted by Gasteiger charge is 2.46. The fourth-order valence-corrected chi connectivity index (χ4v) is 11.0. The topological polar surface area (TPSA) is 288 Å². The van der Waals surface area contributed by atoms with Crippen LogP contribution in [-0.2, 0) is 57.5 Å². The third-order valence-electron chi connectivity index (χ3n) is 16.7. The lowest BCUT2D eigenvalue weighted by atomic mass is 9.91. The number of allylic oxidation sites excluding steroid dienone is 2. The van der Waals surface area contributed by atoms with E-state index in [9.17, 15) is 48.3 Å².